The van der Waals surface area contributed by atoms with Crippen molar-refractivity contribution in [3.8, 4) is 0 Å². The summed E-state index contributed by atoms with van der Waals surface area (Å²) in [6.45, 7) is 0.345. The van der Waals surface area contributed by atoms with Gasteiger partial charge >= 0.3 is 0 Å². The molecular formula is C16H17N5O2. The largest absolute Gasteiger partial charge is 0.356 e. The molecule has 7 nitrogen and oxygen atoms in total. The standard InChI is InChI=1S/C16H17N5O2/c1-21(2)16-17-8-7-11(19-16)10-18-15(22)9-13-12-5-3-4-6-14(12)23-20-13/h3-8H,9-10H2,1-2H3,(H,18,22). The average molecular weight is 311 g/mol. The molecule has 0 saturated heterocycles. The van der Waals surface area contributed by atoms with Gasteiger partial charge in [-0.25, -0.2) is 9.97 Å². The molecule has 2 aromatic heterocycles. The van der Waals surface area contributed by atoms with Gasteiger partial charge in [-0.1, -0.05) is 17.3 Å². The molecule has 0 unspecified atom stereocenters. The van der Waals surface area contributed by atoms with Gasteiger partial charge in [0.1, 0.15) is 5.69 Å². The molecular weight excluding hydrogens is 294 g/mol. The first-order valence-corrected chi connectivity index (χ1v) is 7.23. The van der Waals surface area contributed by atoms with Crippen LogP contribution in [0.25, 0.3) is 11.0 Å². The zero-order valence-corrected chi connectivity index (χ0v) is 13.0. The van der Waals surface area contributed by atoms with Crippen LogP contribution in [0.5, 0.6) is 0 Å². The first kappa shape index (κ1) is 15.0. The summed E-state index contributed by atoms with van der Waals surface area (Å²) in [6, 6.07) is 9.26. The molecule has 1 aromatic carbocycles. The Balaban J connectivity index is 1.63. The summed E-state index contributed by atoms with van der Waals surface area (Å²) in [7, 11) is 3.74. The van der Waals surface area contributed by atoms with Gasteiger partial charge in [0.2, 0.25) is 11.9 Å². The van der Waals surface area contributed by atoms with E-state index in [-0.39, 0.29) is 12.3 Å². The number of carbonyl (C=O) groups excluding carboxylic acids is 1. The first-order valence-electron chi connectivity index (χ1n) is 7.23. The summed E-state index contributed by atoms with van der Waals surface area (Å²) in [6.07, 6.45) is 1.84. The van der Waals surface area contributed by atoms with Crippen LogP contribution in [0.15, 0.2) is 41.1 Å². The number of fused-ring (bicyclic) bond motifs is 1. The van der Waals surface area contributed by atoms with Gasteiger partial charge in [-0.05, 0) is 18.2 Å². The quantitative estimate of drug-likeness (QED) is 0.769. The van der Waals surface area contributed by atoms with Gasteiger partial charge in [-0.15, -0.1) is 0 Å². The van der Waals surface area contributed by atoms with E-state index in [1.54, 1.807) is 12.3 Å². The van der Waals surface area contributed by atoms with Crippen LogP contribution in [-0.2, 0) is 17.8 Å². The van der Waals surface area contributed by atoms with Gasteiger partial charge < -0.3 is 14.7 Å². The van der Waals surface area contributed by atoms with Gasteiger partial charge in [0.15, 0.2) is 5.58 Å². The number of anilines is 1. The Morgan fingerprint density at radius 2 is 2.09 bits per heavy atom. The van der Waals surface area contributed by atoms with Gasteiger partial charge in [-0.3, -0.25) is 4.79 Å². The number of nitrogens with zero attached hydrogens (tertiary/aromatic N) is 4. The minimum atomic E-state index is -0.130. The van der Waals surface area contributed by atoms with Crippen molar-refractivity contribution in [3.05, 3.63) is 47.9 Å². The summed E-state index contributed by atoms with van der Waals surface area (Å²) in [4.78, 5) is 22.4. The third-order valence-electron chi connectivity index (χ3n) is 3.35. The zero-order valence-electron chi connectivity index (χ0n) is 13.0. The molecule has 7 heteroatoms. The smallest absolute Gasteiger partial charge is 0.226 e. The molecule has 0 aliphatic heterocycles. The maximum absolute atomic E-state index is 12.1. The van der Waals surface area contributed by atoms with E-state index in [0.29, 0.717) is 23.8 Å². The minimum Gasteiger partial charge on any atom is -0.356 e. The average Bonchev–Trinajstić information content (AvgIpc) is 2.96. The monoisotopic (exact) mass is 311 g/mol. The summed E-state index contributed by atoms with van der Waals surface area (Å²) in [5.41, 5.74) is 2.07. The number of nitrogens with one attached hydrogen (secondary N) is 1. The fraction of sp³-hybridized carbons (Fsp3) is 0.250. The summed E-state index contributed by atoms with van der Waals surface area (Å²) in [5.74, 6) is 0.480. The van der Waals surface area contributed by atoms with E-state index in [1.807, 2.05) is 43.3 Å². The van der Waals surface area contributed by atoms with Crippen LogP contribution in [0.3, 0.4) is 0 Å². The van der Waals surface area contributed by atoms with Crippen LogP contribution in [0.1, 0.15) is 11.4 Å². The molecule has 0 aliphatic rings. The minimum absolute atomic E-state index is 0.130. The number of hydrogen-bond acceptors (Lipinski definition) is 6. The Bertz CT molecular complexity index is 828. The van der Waals surface area contributed by atoms with Crippen molar-refractivity contribution in [1.82, 2.24) is 20.4 Å². The molecule has 0 atom stereocenters. The van der Waals surface area contributed by atoms with Gasteiger partial charge in [-0.2, -0.15) is 0 Å². The molecule has 23 heavy (non-hydrogen) atoms. The third-order valence-corrected chi connectivity index (χ3v) is 3.35. The zero-order chi connectivity index (χ0) is 16.2. The third kappa shape index (κ3) is 3.45. The van der Waals surface area contributed by atoms with Crippen LogP contribution in [0.4, 0.5) is 5.95 Å². The highest BCUT2D eigenvalue weighted by Gasteiger charge is 2.12. The van der Waals surface area contributed by atoms with Crippen LogP contribution in [0, 0.1) is 0 Å². The normalized spacial score (nSPS) is 10.7. The number of para-hydroxylation sites is 1. The van der Waals surface area contributed by atoms with Crippen LogP contribution >= 0.6 is 0 Å². The lowest BCUT2D eigenvalue weighted by atomic mass is 10.1. The van der Waals surface area contributed by atoms with Gasteiger partial charge in [0.25, 0.3) is 0 Å². The molecule has 0 spiro atoms. The predicted molar refractivity (Wildman–Crippen MR) is 85.9 cm³/mol. The van der Waals surface area contributed by atoms with Crippen molar-refractivity contribution in [1.29, 1.82) is 0 Å². The Morgan fingerprint density at radius 1 is 1.26 bits per heavy atom. The molecule has 0 fully saturated rings. The first-order chi connectivity index (χ1) is 11.1. The predicted octanol–water partition coefficient (Wildman–Crippen LogP) is 1.54. The van der Waals surface area contributed by atoms with Gasteiger partial charge in [0, 0.05) is 25.7 Å². The van der Waals surface area contributed by atoms with Crippen LogP contribution in [-0.4, -0.2) is 35.1 Å². The maximum atomic E-state index is 12.1. The molecule has 1 amide bonds. The SMILES string of the molecule is CN(C)c1nccc(CNC(=O)Cc2noc3ccccc23)n1. The second-order valence-corrected chi connectivity index (χ2v) is 5.32. The number of benzene rings is 1. The summed E-state index contributed by atoms with van der Waals surface area (Å²) in [5, 5.41) is 7.66. The van der Waals surface area contributed by atoms with Crippen molar-refractivity contribution >= 4 is 22.8 Å². The van der Waals surface area contributed by atoms with Crippen molar-refractivity contribution < 1.29 is 9.32 Å². The summed E-state index contributed by atoms with van der Waals surface area (Å²) < 4.78 is 5.20. The molecule has 0 radical (unpaired) electrons. The molecule has 3 rings (SSSR count). The molecule has 0 aliphatic carbocycles. The molecule has 2 heterocycles. The van der Waals surface area contributed by atoms with E-state index < -0.39 is 0 Å². The lowest BCUT2D eigenvalue weighted by molar-refractivity contribution is -0.120. The van der Waals surface area contributed by atoms with E-state index in [1.165, 1.54) is 0 Å². The second kappa shape index (κ2) is 6.43. The van der Waals surface area contributed by atoms with Gasteiger partial charge in [0.05, 0.1) is 18.7 Å². The van der Waals surface area contributed by atoms with Crippen molar-refractivity contribution in [3.63, 3.8) is 0 Å². The highest BCUT2D eigenvalue weighted by atomic mass is 16.5. The Kier molecular flexibility index (Phi) is 4.18. The number of rotatable bonds is 5. The molecule has 0 saturated carbocycles. The number of carbonyl (C=O) groups is 1. The maximum Gasteiger partial charge on any atom is 0.226 e. The van der Waals surface area contributed by atoms with E-state index in [4.69, 9.17) is 4.52 Å². The number of amides is 1. The lowest BCUT2D eigenvalue weighted by Gasteiger charge is -2.11. The lowest BCUT2D eigenvalue weighted by Crippen LogP contribution is -2.25. The fourth-order valence-corrected chi connectivity index (χ4v) is 2.17. The molecule has 3 aromatic rings. The van der Waals surface area contributed by atoms with E-state index in [0.717, 1.165) is 11.1 Å². The molecule has 1 N–H and O–H groups in total. The fourth-order valence-electron chi connectivity index (χ4n) is 2.17. The van der Waals surface area contributed by atoms with Crippen LogP contribution in [0.2, 0.25) is 0 Å². The number of aromatic nitrogens is 3. The van der Waals surface area contributed by atoms with Crippen molar-refractivity contribution in [2.45, 2.75) is 13.0 Å². The highest BCUT2D eigenvalue weighted by molar-refractivity contribution is 5.86. The van der Waals surface area contributed by atoms with E-state index >= 15 is 0 Å². The van der Waals surface area contributed by atoms with Crippen molar-refractivity contribution in [2.24, 2.45) is 0 Å². The second-order valence-electron chi connectivity index (χ2n) is 5.32. The topological polar surface area (TPSA) is 84.2 Å². The Hall–Kier alpha value is -2.96. The van der Waals surface area contributed by atoms with E-state index in [9.17, 15) is 4.79 Å². The number of hydrogen-bond donors (Lipinski definition) is 1. The molecule has 118 valence electrons. The van der Waals surface area contributed by atoms with Crippen molar-refractivity contribution in [2.75, 3.05) is 19.0 Å². The van der Waals surface area contributed by atoms with E-state index in [2.05, 4.69) is 20.4 Å². The highest BCUT2D eigenvalue weighted by Crippen LogP contribution is 2.18. The Labute approximate surface area is 133 Å². The molecule has 0 bridgehead atoms. The summed E-state index contributed by atoms with van der Waals surface area (Å²) >= 11 is 0. The Morgan fingerprint density at radius 3 is 2.91 bits per heavy atom. The van der Waals surface area contributed by atoms with Crippen LogP contribution < -0.4 is 10.2 Å².